The van der Waals surface area contributed by atoms with Crippen LogP contribution in [0.2, 0.25) is 0 Å². The van der Waals surface area contributed by atoms with Gasteiger partial charge in [0.1, 0.15) is 5.82 Å². The van der Waals surface area contributed by atoms with Gasteiger partial charge in [0.05, 0.1) is 0 Å². The first kappa shape index (κ1) is 8.05. The van der Waals surface area contributed by atoms with Crippen LogP contribution in [0.15, 0.2) is 28.5 Å². The summed E-state index contributed by atoms with van der Waals surface area (Å²) in [4.78, 5) is 6.07. The average Bonchev–Trinajstić information content (AvgIpc) is 2.30. The van der Waals surface area contributed by atoms with Crippen LogP contribution in [0.4, 0.5) is 0 Å². The second kappa shape index (κ2) is 2.91. The van der Waals surface area contributed by atoms with Gasteiger partial charge >= 0.3 is 0 Å². The molecule has 0 saturated carbocycles. The first-order valence-corrected chi connectivity index (χ1v) is 3.73. The van der Waals surface area contributed by atoms with E-state index in [0.717, 1.165) is 24.4 Å². The summed E-state index contributed by atoms with van der Waals surface area (Å²) >= 11 is 0. The molecule has 1 heterocycles. The molecule has 60 valence electrons. The molecule has 1 rings (SSSR count). The number of rotatable bonds is 2. The van der Waals surface area contributed by atoms with Crippen molar-refractivity contribution in [1.29, 1.82) is 0 Å². The molecule has 0 N–H and O–H groups in total. The van der Waals surface area contributed by atoms with Crippen LogP contribution in [0, 0.1) is 0 Å². The van der Waals surface area contributed by atoms with Gasteiger partial charge < -0.3 is 4.90 Å². The summed E-state index contributed by atoms with van der Waals surface area (Å²) in [5, 5.41) is 0. The van der Waals surface area contributed by atoms with Crippen molar-refractivity contribution in [1.82, 2.24) is 4.90 Å². The summed E-state index contributed by atoms with van der Waals surface area (Å²) in [6.07, 6.45) is 1.06. The maximum Gasteiger partial charge on any atom is 0.131 e. The zero-order chi connectivity index (χ0) is 8.43. The zero-order valence-corrected chi connectivity index (χ0v) is 7.22. The Labute approximate surface area is 67.9 Å². The zero-order valence-electron chi connectivity index (χ0n) is 7.22. The maximum atomic E-state index is 3.97. The highest BCUT2D eigenvalue weighted by Crippen LogP contribution is 2.26. The lowest BCUT2D eigenvalue weighted by Gasteiger charge is -2.11. The SMILES string of the molecule is C=NC1=C(C(=C)C)CCN1C. The van der Waals surface area contributed by atoms with Crippen LogP contribution in [0.3, 0.4) is 0 Å². The minimum absolute atomic E-state index is 0.998. The highest BCUT2D eigenvalue weighted by molar-refractivity contribution is 5.39. The number of hydrogen-bond donors (Lipinski definition) is 0. The van der Waals surface area contributed by atoms with E-state index in [4.69, 9.17) is 0 Å². The molecule has 2 nitrogen and oxygen atoms in total. The Balaban J connectivity index is 2.97. The fraction of sp³-hybridized carbons (Fsp3) is 0.444. The molecular formula is C9H14N2. The van der Waals surface area contributed by atoms with Gasteiger partial charge in [0.2, 0.25) is 0 Å². The van der Waals surface area contributed by atoms with E-state index in [2.05, 4.69) is 23.2 Å². The third kappa shape index (κ3) is 1.34. The van der Waals surface area contributed by atoms with Crippen molar-refractivity contribution in [2.45, 2.75) is 13.3 Å². The van der Waals surface area contributed by atoms with Gasteiger partial charge in [0, 0.05) is 13.6 Å². The van der Waals surface area contributed by atoms with E-state index >= 15 is 0 Å². The molecular weight excluding hydrogens is 136 g/mol. The molecule has 0 aromatic heterocycles. The number of allylic oxidation sites excluding steroid dienone is 1. The monoisotopic (exact) mass is 150 g/mol. The van der Waals surface area contributed by atoms with E-state index in [0.29, 0.717) is 0 Å². The molecule has 0 fully saturated rings. The minimum Gasteiger partial charge on any atom is -0.359 e. The highest BCUT2D eigenvalue weighted by Gasteiger charge is 2.17. The summed E-state index contributed by atoms with van der Waals surface area (Å²) in [7, 11) is 2.03. The van der Waals surface area contributed by atoms with Crippen molar-refractivity contribution >= 4 is 6.72 Å². The van der Waals surface area contributed by atoms with Gasteiger partial charge in [-0.05, 0) is 25.6 Å². The molecule has 1 aliphatic rings. The molecule has 2 heteroatoms. The van der Waals surface area contributed by atoms with Crippen LogP contribution < -0.4 is 0 Å². The molecule has 0 amide bonds. The third-order valence-electron chi connectivity index (χ3n) is 1.99. The van der Waals surface area contributed by atoms with Crippen LogP contribution in [0.5, 0.6) is 0 Å². The topological polar surface area (TPSA) is 15.6 Å². The van der Waals surface area contributed by atoms with Crippen molar-refractivity contribution in [2.24, 2.45) is 4.99 Å². The quantitative estimate of drug-likeness (QED) is 0.548. The van der Waals surface area contributed by atoms with Crippen molar-refractivity contribution in [3.8, 4) is 0 Å². The first-order valence-electron chi connectivity index (χ1n) is 3.73. The van der Waals surface area contributed by atoms with E-state index in [1.54, 1.807) is 0 Å². The average molecular weight is 150 g/mol. The van der Waals surface area contributed by atoms with E-state index < -0.39 is 0 Å². The molecule has 0 spiro atoms. The second-order valence-electron chi connectivity index (χ2n) is 2.91. The number of aliphatic imine (C=N–C) groups is 1. The third-order valence-corrected chi connectivity index (χ3v) is 1.99. The summed E-state index contributed by atoms with van der Waals surface area (Å²) in [6, 6.07) is 0. The Morgan fingerprint density at radius 3 is 2.64 bits per heavy atom. The van der Waals surface area contributed by atoms with E-state index in [-0.39, 0.29) is 0 Å². The normalized spacial score (nSPS) is 17.5. The fourth-order valence-corrected chi connectivity index (χ4v) is 1.35. The molecule has 0 atom stereocenters. The van der Waals surface area contributed by atoms with Gasteiger partial charge in [-0.25, -0.2) is 4.99 Å². The molecule has 0 radical (unpaired) electrons. The van der Waals surface area contributed by atoms with Gasteiger partial charge in [-0.2, -0.15) is 0 Å². The van der Waals surface area contributed by atoms with Gasteiger partial charge in [0.25, 0.3) is 0 Å². The predicted molar refractivity (Wildman–Crippen MR) is 48.6 cm³/mol. The Hall–Kier alpha value is -1.05. The lowest BCUT2D eigenvalue weighted by atomic mass is 10.1. The Kier molecular flexibility index (Phi) is 2.13. The van der Waals surface area contributed by atoms with E-state index in [1.165, 1.54) is 5.57 Å². The summed E-state index contributed by atoms with van der Waals surface area (Å²) in [5.74, 6) is 0.998. The summed E-state index contributed by atoms with van der Waals surface area (Å²) in [5.41, 5.74) is 2.36. The number of nitrogens with zero attached hydrogens (tertiary/aromatic N) is 2. The molecule has 11 heavy (non-hydrogen) atoms. The lowest BCUT2D eigenvalue weighted by Crippen LogP contribution is -2.11. The number of hydrogen-bond acceptors (Lipinski definition) is 2. The Morgan fingerprint density at radius 2 is 2.27 bits per heavy atom. The molecule has 1 aliphatic heterocycles. The summed E-state index contributed by atoms with van der Waals surface area (Å²) < 4.78 is 0. The van der Waals surface area contributed by atoms with Gasteiger partial charge in [-0.1, -0.05) is 12.2 Å². The van der Waals surface area contributed by atoms with E-state index in [1.807, 2.05) is 14.0 Å². The minimum atomic E-state index is 0.998. The van der Waals surface area contributed by atoms with Gasteiger partial charge in [-0.3, -0.25) is 0 Å². The Morgan fingerprint density at radius 1 is 1.64 bits per heavy atom. The first-order chi connectivity index (χ1) is 5.16. The second-order valence-corrected chi connectivity index (χ2v) is 2.91. The van der Waals surface area contributed by atoms with Crippen molar-refractivity contribution < 1.29 is 0 Å². The van der Waals surface area contributed by atoms with Crippen molar-refractivity contribution in [3.63, 3.8) is 0 Å². The predicted octanol–water partition coefficient (Wildman–Crippen LogP) is 1.81. The molecule has 0 aliphatic carbocycles. The van der Waals surface area contributed by atoms with Crippen LogP contribution in [-0.4, -0.2) is 25.2 Å². The van der Waals surface area contributed by atoms with Crippen LogP contribution in [-0.2, 0) is 0 Å². The molecule has 0 saturated heterocycles. The molecule has 0 aromatic carbocycles. The van der Waals surface area contributed by atoms with Crippen molar-refractivity contribution in [3.05, 3.63) is 23.5 Å². The fourth-order valence-electron chi connectivity index (χ4n) is 1.35. The molecule has 0 aromatic rings. The molecule has 0 bridgehead atoms. The largest absolute Gasteiger partial charge is 0.359 e. The lowest BCUT2D eigenvalue weighted by molar-refractivity contribution is 0.456. The van der Waals surface area contributed by atoms with Gasteiger partial charge in [0.15, 0.2) is 0 Å². The standard InChI is InChI=1S/C9H14N2/c1-7(2)8-5-6-11(4)9(8)10-3/h1,3,5-6H2,2,4H3. The molecule has 0 unspecified atom stereocenters. The van der Waals surface area contributed by atoms with Crippen molar-refractivity contribution in [2.75, 3.05) is 13.6 Å². The van der Waals surface area contributed by atoms with Crippen LogP contribution in [0.1, 0.15) is 13.3 Å². The van der Waals surface area contributed by atoms with Crippen LogP contribution >= 0.6 is 0 Å². The Bertz CT molecular complexity index is 226. The van der Waals surface area contributed by atoms with E-state index in [9.17, 15) is 0 Å². The summed E-state index contributed by atoms with van der Waals surface area (Å²) in [6.45, 7) is 10.5. The highest BCUT2D eigenvalue weighted by atomic mass is 15.2. The van der Waals surface area contributed by atoms with Crippen LogP contribution in [0.25, 0.3) is 0 Å². The maximum absolute atomic E-state index is 3.97. The van der Waals surface area contributed by atoms with Gasteiger partial charge in [-0.15, -0.1) is 0 Å². The smallest absolute Gasteiger partial charge is 0.131 e.